The van der Waals surface area contributed by atoms with Crippen LogP contribution in [0.3, 0.4) is 0 Å². The van der Waals surface area contributed by atoms with Crippen LogP contribution >= 0.6 is 0 Å². The van der Waals surface area contributed by atoms with Gasteiger partial charge in [0.15, 0.2) is 0 Å². The highest BCUT2D eigenvalue weighted by molar-refractivity contribution is 6.35. The maximum absolute atomic E-state index is 11.7. The molecule has 13 aromatic rings. The highest BCUT2D eigenvalue weighted by atomic mass is 15.0. The van der Waals surface area contributed by atoms with Crippen molar-refractivity contribution < 1.29 is 0 Å². The topological polar surface area (TPSA) is 63.8 Å². The first-order valence-electron chi connectivity index (χ1n) is 19.9. The number of benzene rings is 9. The van der Waals surface area contributed by atoms with Crippen molar-refractivity contribution in [2.75, 3.05) is 0 Å². The van der Waals surface area contributed by atoms with Crippen LogP contribution in [0.1, 0.15) is 5.56 Å². The van der Waals surface area contributed by atoms with E-state index in [4.69, 9.17) is 16.5 Å². The second-order valence-corrected chi connectivity index (χ2v) is 15.4. The molecule has 0 spiro atoms. The lowest BCUT2D eigenvalue weighted by atomic mass is 9.88. The van der Waals surface area contributed by atoms with Gasteiger partial charge in [0.2, 0.25) is 5.69 Å². The van der Waals surface area contributed by atoms with E-state index in [1.807, 2.05) is 73.1 Å². The van der Waals surface area contributed by atoms with Crippen LogP contribution in [0.15, 0.2) is 170 Å². The first kappa shape index (κ1) is 32.5. The molecule has 4 heterocycles. The number of nitriles is 1. The van der Waals surface area contributed by atoms with Crippen LogP contribution in [0.25, 0.3) is 125 Å². The average molecular weight is 761 g/mol. The van der Waals surface area contributed by atoms with Gasteiger partial charge in [0.1, 0.15) is 6.07 Å². The molecule has 274 valence electrons. The van der Waals surface area contributed by atoms with Crippen LogP contribution in [0.2, 0.25) is 0 Å². The minimum absolute atomic E-state index is 0.410. The monoisotopic (exact) mass is 760 g/mol. The lowest BCUT2D eigenvalue weighted by Crippen LogP contribution is -2.08. The van der Waals surface area contributed by atoms with Crippen molar-refractivity contribution in [2.45, 2.75) is 0 Å². The molecule has 0 N–H and O–H groups in total. The van der Waals surface area contributed by atoms with Gasteiger partial charge >= 0.3 is 0 Å². The van der Waals surface area contributed by atoms with Crippen LogP contribution in [0, 0.1) is 17.9 Å². The molecule has 60 heavy (non-hydrogen) atoms. The van der Waals surface area contributed by atoms with Crippen LogP contribution in [-0.4, -0.2) is 19.1 Å². The Balaban J connectivity index is 1.33. The minimum atomic E-state index is 0.410. The Morgan fingerprint density at radius 3 is 1.32 bits per heavy atom. The van der Waals surface area contributed by atoms with Crippen molar-refractivity contribution >= 4 is 92.6 Å². The van der Waals surface area contributed by atoms with Gasteiger partial charge in [-0.1, -0.05) is 121 Å². The number of fused-ring (bicyclic) bond motifs is 6. The summed E-state index contributed by atoms with van der Waals surface area (Å²) in [6.07, 6.45) is 3.72. The Labute approximate surface area is 342 Å². The van der Waals surface area contributed by atoms with Crippen molar-refractivity contribution in [3.8, 4) is 39.7 Å². The highest BCUT2D eigenvalue weighted by Gasteiger charge is 2.33. The maximum Gasteiger partial charge on any atom is 0.220 e. The molecular weight excluding hydrogens is 733 g/mol. The fraction of sp³-hybridized carbons (Fsp3) is 0. The van der Waals surface area contributed by atoms with E-state index in [0.29, 0.717) is 16.8 Å². The molecule has 0 atom stereocenters. The number of aromatic nitrogens is 4. The van der Waals surface area contributed by atoms with Crippen molar-refractivity contribution in [2.24, 2.45) is 0 Å². The van der Waals surface area contributed by atoms with Gasteiger partial charge in [0.05, 0.1) is 56.6 Å². The third-order valence-corrected chi connectivity index (χ3v) is 12.6. The number of nitrogens with zero attached hydrogens (tertiary/aromatic N) is 6. The zero-order valence-corrected chi connectivity index (χ0v) is 31.8. The summed E-state index contributed by atoms with van der Waals surface area (Å²) in [7, 11) is 0. The summed E-state index contributed by atoms with van der Waals surface area (Å²) < 4.78 is 4.58. The van der Waals surface area contributed by atoms with Gasteiger partial charge in [0.25, 0.3) is 0 Å². The molecule has 0 saturated carbocycles. The normalized spacial score (nSPS) is 12.0. The quantitative estimate of drug-likeness (QED) is 0.133. The van der Waals surface area contributed by atoms with Crippen LogP contribution < -0.4 is 0 Å². The predicted octanol–water partition coefficient (Wildman–Crippen LogP) is 13.9. The van der Waals surface area contributed by atoms with Crippen molar-refractivity contribution in [3.63, 3.8) is 0 Å². The summed E-state index contributed by atoms with van der Waals surface area (Å²) in [5, 5.41) is 22.6. The fourth-order valence-corrected chi connectivity index (χ4v) is 10.4. The van der Waals surface area contributed by atoms with Gasteiger partial charge in [0, 0.05) is 66.6 Å². The van der Waals surface area contributed by atoms with Gasteiger partial charge in [-0.15, -0.1) is 0 Å². The summed E-state index contributed by atoms with van der Waals surface area (Å²) >= 11 is 0. The third-order valence-electron chi connectivity index (χ3n) is 12.6. The molecule has 6 heteroatoms. The Kier molecular flexibility index (Phi) is 6.48. The van der Waals surface area contributed by atoms with E-state index in [1.54, 1.807) is 0 Å². The molecule has 0 bridgehead atoms. The average Bonchev–Trinajstić information content (AvgIpc) is 3.84. The molecular formula is C54H28N6. The summed E-state index contributed by atoms with van der Waals surface area (Å²) in [5.74, 6) is 0. The van der Waals surface area contributed by atoms with E-state index in [1.165, 1.54) is 0 Å². The molecule has 0 radical (unpaired) electrons. The predicted molar refractivity (Wildman–Crippen MR) is 245 cm³/mol. The molecule has 9 aromatic carbocycles. The molecule has 0 saturated heterocycles. The van der Waals surface area contributed by atoms with Crippen LogP contribution in [0.5, 0.6) is 0 Å². The molecule has 0 unspecified atom stereocenters. The molecule has 0 aliphatic heterocycles. The molecule has 0 aliphatic rings. The van der Waals surface area contributed by atoms with Crippen LogP contribution in [-0.2, 0) is 0 Å². The molecule has 13 rings (SSSR count). The SMILES string of the molecule is [C-]#[N+]c1c(-c2ccccc2)c(C#N)c(-n2c3cccc4c5cccnc5c5cccc2c5c43)c(-c2ccccc2)c1-n1c2cccc3c4cccnc4c4cccc1c4c32. The lowest BCUT2D eigenvalue weighted by molar-refractivity contribution is 1.13. The van der Waals surface area contributed by atoms with Gasteiger partial charge in [-0.3, -0.25) is 9.97 Å². The number of hydrogen-bond acceptors (Lipinski definition) is 3. The van der Waals surface area contributed by atoms with Crippen LogP contribution in [0.4, 0.5) is 5.69 Å². The largest absolute Gasteiger partial charge is 0.318 e. The second kappa shape index (κ2) is 12.0. The molecule has 4 aromatic heterocycles. The van der Waals surface area contributed by atoms with Crippen molar-refractivity contribution in [1.29, 1.82) is 5.26 Å². The zero-order chi connectivity index (χ0) is 39.6. The van der Waals surface area contributed by atoms with E-state index < -0.39 is 0 Å². The Morgan fingerprint density at radius 1 is 0.433 bits per heavy atom. The molecule has 0 amide bonds. The van der Waals surface area contributed by atoms with E-state index >= 15 is 0 Å². The number of hydrogen-bond donors (Lipinski definition) is 0. The van der Waals surface area contributed by atoms with E-state index in [9.17, 15) is 5.26 Å². The van der Waals surface area contributed by atoms with Gasteiger partial charge in [-0.25, -0.2) is 4.85 Å². The summed E-state index contributed by atoms with van der Waals surface area (Å²) in [5.41, 5.74) is 11.2. The van der Waals surface area contributed by atoms with E-state index in [2.05, 4.69) is 117 Å². The standard InChI is InChI=1S/C54H28N6/c1-56-52-44(31-14-4-2-5-15-31)39(30-55)53(59-40-24-8-18-33-35-22-12-28-57-50(35)37-20-10-26-42(59)48(37)46(33)40)45(32-16-6-3-7-17-32)54(52)60-41-25-9-19-34-36-23-13-29-58-51(36)38-21-11-27-43(60)49(38)47(34)41/h2-29H. The molecule has 0 aliphatic carbocycles. The summed E-state index contributed by atoms with van der Waals surface area (Å²) in [6, 6.07) is 57.0. The van der Waals surface area contributed by atoms with Gasteiger partial charge < -0.3 is 9.13 Å². The highest BCUT2D eigenvalue weighted by Crippen LogP contribution is 2.54. The first-order valence-corrected chi connectivity index (χ1v) is 19.9. The maximum atomic E-state index is 11.7. The smallest absolute Gasteiger partial charge is 0.220 e. The third kappa shape index (κ3) is 4.04. The van der Waals surface area contributed by atoms with Gasteiger partial charge in [-0.05, 0) is 58.3 Å². The Bertz CT molecular complexity index is 3620. The van der Waals surface area contributed by atoms with Gasteiger partial charge in [-0.2, -0.15) is 5.26 Å². The second-order valence-electron chi connectivity index (χ2n) is 15.4. The lowest BCUT2D eigenvalue weighted by Gasteiger charge is -2.25. The summed E-state index contributed by atoms with van der Waals surface area (Å²) in [4.78, 5) is 14.3. The Morgan fingerprint density at radius 2 is 0.850 bits per heavy atom. The minimum Gasteiger partial charge on any atom is -0.318 e. The van der Waals surface area contributed by atoms with E-state index in [-0.39, 0.29) is 0 Å². The van der Waals surface area contributed by atoms with Crippen molar-refractivity contribution in [3.05, 3.63) is 187 Å². The molecule has 0 fully saturated rings. The first-order chi connectivity index (χ1) is 29.8. The Hall–Kier alpha value is -8.58. The number of rotatable bonds is 4. The summed E-state index contributed by atoms with van der Waals surface area (Å²) in [6.45, 7) is 9.15. The zero-order valence-electron chi connectivity index (χ0n) is 31.8. The van der Waals surface area contributed by atoms with E-state index in [0.717, 1.165) is 115 Å². The fourth-order valence-electron chi connectivity index (χ4n) is 10.4. The molecule has 6 nitrogen and oxygen atoms in total. The number of pyridine rings is 2. The van der Waals surface area contributed by atoms with Crippen molar-refractivity contribution in [1.82, 2.24) is 19.1 Å².